The molecule has 0 aromatic carbocycles. The lowest BCUT2D eigenvalue weighted by Gasteiger charge is -2.07. The average molecular weight is 222 g/mol. The Kier molecular flexibility index (Phi) is 4.21. The number of nitrogens with zero attached hydrogens (tertiary/aromatic N) is 2. The molecule has 0 saturated heterocycles. The van der Waals surface area contributed by atoms with Crippen molar-refractivity contribution in [2.45, 2.75) is 6.42 Å². The fraction of sp³-hybridized carbons (Fsp3) is 0.429. The van der Waals surface area contributed by atoms with E-state index in [-0.39, 0.29) is 11.8 Å². The lowest BCUT2D eigenvalue weighted by molar-refractivity contribution is 0.292. The van der Waals surface area contributed by atoms with Gasteiger partial charge in [-0.2, -0.15) is 5.10 Å². The Morgan fingerprint density at radius 3 is 2.85 bits per heavy atom. The van der Waals surface area contributed by atoms with Crippen molar-refractivity contribution < 1.29 is 5.11 Å². The summed E-state index contributed by atoms with van der Waals surface area (Å²) in [7, 11) is 0. The van der Waals surface area contributed by atoms with Crippen LogP contribution in [-0.2, 0) is 0 Å². The number of aromatic nitrogens is 2. The molecule has 0 bridgehead atoms. The van der Waals surface area contributed by atoms with Gasteiger partial charge in [0.05, 0.1) is 16.9 Å². The number of aliphatic hydroxyl groups excluding tert-OH is 1. The summed E-state index contributed by atoms with van der Waals surface area (Å²) in [6.45, 7) is 0.725. The maximum Gasteiger partial charge on any atom is 0.176 e. The molecule has 0 saturated carbocycles. The molecule has 13 heavy (non-hydrogen) atoms. The van der Waals surface area contributed by atoms with Gasteiger partial charge in [-0.1, -0.05) is 23.2 Å². The predicted molar refractivity (Wildman–Crippen MR) is 52.2 cm³/mol. The van der Waals surface area contributed by atoms with Gasteiger partial charge in [-0.15, -0.1) is 5.10 Å². The second-order valence-corrected chi connectivity index (χ2v) is 3.13. The first-order valence-corrected chi connectivity index (χ1v) is 4.52. The molecule has 0 radical (unpaired) electrons. The highest BCUT2D eigenvalue weighted by molar-refractivity contribution is 6.38. The SMILES string of the molecule is OCCCNc1c(Cl)cnnc1Cl. The maximum absolute atomic E-state index is 8.55. The minimum absolute atomic E-state index is 0.126. The Balaban J connectivity index is 2.64. The summed E-state index contributed by atoms with van der Waals surface area (Å²) in [6.07, 6.45) is 2.05. The van der Waals surface area contributed by atoms with Gasteiger partial charge in [-0.3, -0.25) is 0 Å². The fourth-order valence-electron chi connectivity index (χ4n) is 0.793. The third-order valence-corrected chi connectivity index (χ3v) is 1.95. The van der Waals surface area contributed by atoms with Crippen LogP contribution in [0.2, 0.25) is 10.2 Å². The largest absolute Gasteiger partial charge is 0.396 e. The van der Waals surface area contributed by atoms with Gasteiger partial charge in [-0.25, -0.2) is 0 Å². The normalized spacial score (nSPS) is 10.1. The summed E-state index contributed by atoms with van der Waals surface area (Å²) < 4.78 is 0. The molecule has 2 N–H and O–H groups in total. The average Bonchev–Trinajstić information content (AvgIpc) is 2.10. The molecule has 6 heteroatoms. The monoisotopic (exact) mass is 221 g/mol. The van der Waals surface area contributed by atoms with E-state index in [0.29, 0.717) is 23.7 Å². The topological polar surface area (TPSA) is 58.0 Å². The van der Waals surface area contributed by atoms with Crippen LogP contribution in [0.25, 0.3) is 0 Å². The van der Waals surface area contributed by atoms with Crippen LogP contribution in [0.15, 0.2) is 6.20 Å². The van der Waals surface area contributed by atoms with E-state index >= 15 is 0 Å². The van der Waals surface area contributed by atoms with E-state index in [9.17, 15) is 0 Å². The van der Waals surface area contributed by atoms with Crippen LogP contribution in [0.1, 0.15) is 6.42 Å². The number of anilines is 1. The summed E-state index contributed by atoms with van der Waals surface area (Å²) in [5.41, 5.74) is 0.562. The van der Waals surface area contributed by atoms with Crippen molar-refractivity contribution in [3.63, 3.8) is 0 Å². The van der Waals surface area contributed by atoms with E-state index in [1.54, 1.807) is 0 Å². The molecule has 0 unspecified atom stereocenters. The van der Waals surface area contributed by atoms with Crippen LogP contribution in [-0.4, -0.2) is 28.5 Å². The van der Waals surface area contributed by atoms with Gasteiger partial charge >= 0.3 is 0 Å². The van der Waals surface area contributed by atoms with Crippen molar-refractivity contribution in [1.82, 2.24) is 10.2 Å². The van der Waals surface area contributed by atoms with Gasteiger partial charge < -0.3 is 10.4 Å². The molecule has 0 aliphatic heterocycles. The zero-order valence-corrected chi connectivity index (χ0v) is 8.31. The van der Waals surface area contributed by atoms with Gasteiger partial charge in [0.2, 0.25) is 0 Å². The second kappa shape index (κ2) is 5.21. The highest BCUT2D eigenvalue weighted by atomic mass is 35.5. The summed E-state index contributed by atoms with van der Waals surface area (Å²) in [5, 5.41) is 19.4. The molecule has 0 aliphatic rings. The summed E-state index contributed by atoms with van der Waals surface area (Å²) >= 11 is 11.5. The van der Waals surface area contributed by atoms with Crippen LogP contribution in [0.4, 0.5) is 5.69 Å². The molecular formula is C7H9Cl2N3O. The fourth-order valence-corrected chi connectivity index (χ4v) is 1.25. The third-order valence-electron chi connectivity index (χ3n) is 1.40. The highest BCUT2D eigenvalue weighted by Crippen LogP contribution is 2.26. The van der Waals surface area contributed by atoms with Crippen LogP contribution >= 0.6 is 23.2 Å². The first-order chi connectivity index (χ1) is 6.25. The van der Waals surface area contributed by atoms with Crippen molar-refractivity contribution in [1.29, 1.82) is 0 Å². The first kappa shape index (κ1) is 10.5. The van der Waals surface area contributed by atoms with Gasteiger partial charge in [0.25, 0.3) is 0 Å². The molecule has 0 atom stereocenters. The molecule has 0 fully saturated rings. The molecule has 1 heterocycles. The summed E-state index contributed by atoms with van der Waals surface area (Å²) in [4.78, 5) is 0. The molecule has 1 aromatic rings. The van der Waals surface area contributed by atoms with E-state index in [2.05, 4.69) is 15.5 Å². The number of halogens is 2. The zero-order valence-electron chi connectivity index (χ0n) is 6.80. The molecule has 1 rings (SSSR count). The van der Waals surface area contributed by atoms with Crippen LogP contribution in [0.3, 0.4) is 0 Å². The van der Waals surface area contributed by atoms with E-state index in [4.69, 9.17) is 28.3 Å². The van der Waals surface area contributed by atoms with E-state index in [1.165, 1.54) is 6.20 Å². The van der Waals surface area contributed by atoms with Crippen molar-refractivity contribution in [2.24, 2.45) is 0 Å². The number of nitrogens with one attached hydrogen (secondary N) is 1. The molecule has 0 spiro atoms. The minimum Gasteiger partial charge on any atom is -0.396 e. The van der Waals surface area contributed by atoms with E-state index in [1.807, 2.05) is 0 Å². The molecule has 1 aromatic heterocycles. The number of aliphatic hydroxyl groups is 1. The Morgan fingerprint density at radius 2 is 2.23 bits per heavy atom. The quantitative estimate of drug-likeness (QED) is 0.759. The van der Waals surface area contributed by atoms with Gasteiger partial charge in [0, 0.05) is 13.2 Å². The summed E-state index contributed by atoms with van der Waals surface area (Å²) in [5.74, 6) is 0. The third kappa shape index (κ3) is 2.99. The van der Waals surface area contributed by atoms with Gasteiger partial charge in [-0.05, 0) is 6.42 Å². The zero-order chi connectivity index (χ0) is 9.68. The second-order valence-electron chi connectivity index (χ2n) is 2.36. The van der Waals surface area contributed by atoms with Crippen molar-refractivity contribution in [3.05, 3.63) is 16.4 Å². The van der Waals surface area contributed by atoms with Crippen molar-refractivity contribution >= 4 is 28.9 Å². The molecule has 0 amide bonds. The molecule has 4 nitrogen and oxygen atoms in total. The summed E-state index contributed by atoms with van der Waals surface area (Å²) in [6, 6.07) is 0. The number of hydrogen-bond acceptors (Lipinski definition) is 4. The van der Waals surface area contributed by atoms with Crippen LogP contribution < -0.4 is 5.32 Å². The lowest BCUT2D eigenvalue weighted by atomic mass is 10.4. The van der Waals surface area contributed by atoms with E-state index in [0.717, 1.165) is 0 Å². The molecule has 0 aliphatic carbocycles. The predicted octanol–water partition coefficient (Wildman–Crippen LogP) is 1.58. The van der Waals surface area contributed by atoms with Gasteiger partial charge in [0.1, 0.15) is 0 Å². The van der Waals surface area contributed by atoms with Crippen molar-refractivity contribution in [3.8, 4) is 0 Å². The Morgan fingerprint density at radius 1 is 1.46 bits per heavy atom. The minimum atomic E-state index is 0.126. The maximum atomic E-state index is 8.55. The standard InChI is InChI=1S/C7H9Cl2N3O/c8-5-4-11-12-7(9)6(5)10-2-1-3-13/h4,13H,1-3H2,(H,10,11). The van der Waals surface area contributed by atoms with Crippen molar-refractivity contribution in [2.75, 3.05) is 18.5 Å². The Bertz CT molecular complexity index is 262. The highest BCUT2D eigenvalue weighted by Gasteiger charge is 2.05. The Labute approximate surface area is 85.9 Å². The number of hydrogen-bond donors (Lipinski definition) is 2. The van der Waals surface area contributed by atoms with Crippen LogP contribution in [0, 0.1) is 0 Å². The van der Waals surface area contributed by atoms with E-state index < -0.39 is 0 Å². The Hall–Kier alpha value is -0.580. The molecule has 72 valence electrons. The first-order valence-electron chi connectivity index (χ1n) is 3.77. The number of rotatable bonds is 4. The lowest BCUT2D eigenvalue weighted by Crippen LogP contribution is -2.05. The molecular weight excluding hydrogens is 213 g/mol. The van der Waals surface area contributed by atoms with Crippen LogP contribution in [0.5, 0.6) is 0 Å². The smallest absolute Gasteiger partial charge is 0.176 e. The van der Waals surface area contributed by atoms with Gasteiger partial charge in [0.15, 0.2) is 5.15 Å².